The van der Waals surface area contributed by atoms with Crippen molar-refractivity contribution in [3.63, 3.8) is 0 Å². The fourth-order valence-corrected chi connectivity index (χ4v) is 1.47. The maximum absolute atomic E-state index is 11.1. The summed E-state index contributed by atoms with van der Waals surface area (Å²) in [6, 6.07) is 7.89. The third-order valence-electron chi connectivity index (χ3n) is 2.05. The van der Waals surface area contributed by atoms with E-state index in [1.807, 2.05) is 24.3 Å². The Morgan fingerprint density at radius 2 is 2.06 bits per heavy atom. The van der Waals surface area contributed by atoms with Gasteiger partial charge < -0.3 is 4.74 Å². The highest BCUT2D eigenvalue weighted by molar-refractivity contribution is 9.10. The van der Waals surface area contributed by atoms with E-state index in [2.05, 4.69) is 15.9 Å². The van der Waals surface area contributed by atoms with Crippen molar-refractivity contribution >= 4 is 27.6 Å². The first-order chi connectivity index (χ1) is 8.13. The molecule has 3 nitrogen and oxygen atoms in total. The minimum atomic E-state index is -0.584. The number of halogens is 1. The molecule has 90 valence electrons. The molecule has 1 aromatic carbocycles. The van der Waals surface area contributed by atoms with Crippen LogP contribution in [0.5, 0.6) is 0 Å². The van der Waals surface area contributed by atoms with E-state index < -0.39 is 5.97 Å². The summed E-state index contributed by atoms with van der Waals surface area (Å²) >= 11 is 3.36. The van der Waals surface area contributed by atoms with Gasteiger partial charge in [-0.2, -0.15) is 0 Å². The molecule has 17 heavy (non-hydrogen) atoms. The quantitative estimate of drug-likeness (QED) is 0.670. The zero-order valence-corrected chi connectivity index (χ0v) is 11.2. The molecule has 0 radical (unpaired) electrons. The highest BCUT2D eigenvalue weighted by Gasteiger charge is 2.05. The molecule has 0 aromatic heterocycles. The van der Waals surface area contributed by atoms with Gasteiger partial charge in [0.1, 0.15) is 5.71 Å². The molecule has 0 saturated carbocycles. The van der Waals surface area contributed by atoms with Crippen LogP contribution >= 0.6 is 15.9 Å². The van der Waals surface area contributed by atoms with Gasteiger partial charge >= 0.3 is 5.97 Å². The third kappa shape index (κ3) is 4.95. The van der Waals surface area contributed by atoms with Gasteiger partial charge in [-0.1, -0.05) is 34.1 Å². The molecule has 0 aliphatic carbocycles. The molecule has 1 rings (SSSR count). The smallest absolute Gasteiger partial charge is 0.356 e. The van der Waals surface area contributed by atoms with Crippen LogP contribution in [0.25, 0.3) is 0 Å². The maximum atomic E-state index is 11.1. The normalized spacial score (nSPS) is 10.5. The fraction of sp³-hybridized carbons (Fsp3) is 0.231. The van der Waals surface area contributed by atoms with Gasteiger partial charge in [-0.25, -0.2) is 4.79 Å². The molecular weight excluding hydrogens is 282 g/mol. The largest absolute Gasteiger partial charge is 0.461 e. The topological polar surface area (TPSA) is 50.2 Å². The van der Waals surface area contributed by atoms with Crippen molar-refractivity contribution < 1.29 is 9.53 Å². The van der Waals surface area contributed by atoms with Gasteiger partial charge in [0.2, 0.25) is 0 Å². The molecule has 1 aromatic rings. The summed E-state index contributed by atoms with van der Waals surface area (Å²) in [5.74, 6) is -0.584. The minimum absolute atomic E-state index is 0.121. The number of ether oxygens (including phenoxy) is 1. The van der Waals surface area contributed by atoms with Crippen LogP contribution in [0.2, 0.25) is 0 Å². The molecule has 0 spiro atoms. The Morgan fingerprint density at radius 1 is 1.41 bits per heavy atom. The monoisotopic (exact) mass is 295 g/mol. The molecule has 0 heterocycles. The first kappa shape index (κ1) is 13.6. The van der Waals surface area contributed by atoms with Crippen molar-refractivity contribution in [1.82, 2.24) is 0 Å². The minimum Gasteiger partial charge on any atom is -0.461 e. The van der Waals surface area contributed by atoms with Gasteiger partial charge in [0.15, 0.2) is 0 Å². The van der Waals surface area contributed by atoms with Crippen molar-refractivity contribution in [2.24, 2.45) is 0 Å². The lowest BCUT2D eigenvalue weighted by Crippen LogP contribution is -2.13. The first-order valence-corrected chi connectivity index (χ1v) is 6.09. The van der Waals surface area contributed by atoms with E-state index in [1.165, 1.54) is 6.08 Å². The molecule has 0 unspecified atom stereocenters. The summed E-state index contributed by atoms with van der Waals surface area (Å²) in [5.41, 5.74) is 1.00. The fourth-order valence-electron chi connectivity index (χ4n) is 1.21. The Kier molecular flexibility index (Phi) is 5.63. The molecule has 0 bridgehead atoms. The zero-order chi connectivity index (χ0) is 12.7. The molecular formula is C13H14BrNO2. The van der Waals surface area contributed by atoms with Crippen molar-refractivity contribution in [2.75, 3.05) is 6.61 Å². The van der Waals surface area contributed by atoms with Gasteiger partial charge in [0.05, 0.1) is 6.61 Å². The predicted octanol–water partition coefficient (Wildman–Crippen LogP) is 3.13. The van der Waals surface area contributed by atoms with Gasteiger partial charge in [-0.05, 0) is 37.1 Å². The Bertz CT molecular complexity index is 424. The van der Waals surface area contributed by atoms with E-state index in [1.54, 1.807) is 13.0 Å². The second-order valence-corrected chi connectivity index (χ2v) is 4.28. The van der Waals surface area contributed by atoms with Crippen LogP contribution in [0, 0.1) is 5.41 Å². The van der Waals surface area contributed by atoms with Crippen molar-refractivity contribution in [3.05, 3.63) is 46.5 Å². The predicted molar refractivity (Wildman–Crippen MR) is 71.3 cm³/mol. The summed E-state index contributed by atoms with van der Waals surface area (Å²) in [4.78, 5) is 11.1. The maximum Gasteiger partial charge on any atom is 0.356 e. The molecule has 0 aliphatic rings. The van der Waals surface area contributed by atoms with Crippen LogP contribution in [-0.2, 0) is 16.0 Å². The van der Waals surface area contributed by atoms with Crippen LogP contribution in [-0.4, -0.2) is 18.3 Å². The van der Waals surface area contributed by atoms with Crippen LogP contribution in [0.1, 0.15) is 12.5 Å². The third-order valence-corrected chi connectivity index (χ3v) is 2.58. The van der Waals surface area contributed by atoms with E-state index in [9.17, 15) is 4.79 Å². The SMILES string of the molecule is CCOC(=O)C(=N)/C=C/Cc1ccc(Br)cc1. The van der Waals surface area contributed by atoms with Crippen molar-refractivity contribution in [3.8, 4) is 0 Å². The number of hydrogen-bond donors (Lipinski definition) is 1. The summed E-state index contributed by atoms with van der Waals surface area (Å²) in [5, 5.41) is 7.43. The Hall–Kier alpha value is -1.42. The molecule has 0 atom stereocenters. The molecule has 1 N–H and O–H groups in total. The molecule has 4 heteroatoms. The van der Waals surface area contributed by atoms with E-state index in [-0.39, 0.29) is 5.71 Å². The highest BCUT2D eigenvalue weighted by Crippen LogP contribution is 2.11. The Labute approximate surface area is 109 Å². The summed E-state index contributed by atoms with van der Waals surface area (Å²) < 4.78 is 5.73. The van der Waals surface area contributed by atoms with E-state index >= 15 is 0 Å². The molecule has 0 fully saturated rings. The number of nitrogens with one attached hydrogen (secondary N) is 1. The summed E-state index contributed by atoms with van der Waals surface area (Å²) in [7, 11) is 0. The van der Waals surface area contributed by atoms with Gasteiger partial charge in [0, 0.05) is 4.47 Å². The molecule has 0 amide bonds. The lowest BCUT2D eigenvalue weighted by molar-refractivity contribution is -0.135. The van der Waals surface area contributed by atoms with E-state index in [0.717, 1.165) is 10.0 Å². The number of hydrogen-bond acceptors (Lipinski definition) is 3. The summed E-state index contributed by atoms with van der Waals surface area (Å²) in [6.45, 7) is 2.01. The Balaban J connectivity index is 2.47. The van der Waals surface area contributed by atoms with Gasteiger partial charge in [-0.3, -0.25) is 5.41 Å². The highest BCUT2D eigenvalue weighted by atomic mass is 79.9. The number of allylic oxidation sites excluding steroid dienone is 1. The first-order valence-electron chi connectivity index (χ1n) is 5.30. The van der Waals surface area contributed by atoms with Gasteiger partial charge in [0.25, 0.3) is 0 Å². The number of benzene rings is 1. The lowest BCUT2D eigenvalue weighted by atomic mass is 10.1. The van der Waals surface area contributed by atoms with E-state index in [4.69, 9.17) is 10.1 Å². The van der Waals surface area contributed by atoms with E-state index in [0.29, 0.717) is 13.0 Å². The average molecular weight is 296 g/mol. The summed E-state index contributed by atoms with van der Waals surface area (Å²) in [6.07, 6.45) is 3.94. The van der Waals surface area contributed by atoms with Crippen LogP contribution in [0.15, 0.2) is 40.9 Å². The van der Waals surface area contributed by atoms with Crippen molar-refractivity contribution in [1.29, 1.82) is 5.41 Å². The van der Waals surface area contributed by atoms with Crippen molar-refractivity contribution in [2.45, 2.75) is 13.3 Å². The number of carbonyl (C=O) groups is 1. The van der Waals surface area contributed by atoms with Gasteiger partial charge in [-0.15, -0.1) is 0 Å². The molecule has 0 aliphatic heterocycles. The average Bonchev–Trinajstić information content (AvgIpc) is 2.32. The standard InChI is InChI=1S/C13H14BrNO2/c1-2-17-13(16)12(15)5-3-4-10-6-8-11(14)9-7-10/h3,5-9,15H,2,4H2,1H3/b5-3+,15-12?. The number of carbonyl (C=O) groups excluding carboxylic acids is 1. The zero-order valence-electron chi connectivity index (χ0n) is 9.57. The number of esters is 1. The van der Waals surface area contributed by atoms with Crippen LogP contribution in [0.3, 0.4) is 0 Å². The van der Waals surface area contributed by atoms with Crippen LogP contribution < -0.4 is 0 Å². The molecule has 0 saturated heterocycles. The lowest BCUT2D eigenvalue weighted by Gasteiger charge is -1.99. The Morgan fingerprint density at radius 3 is 2.65 bits per heavy atom. The number of rotatable bonds is 5. The second-order valence-electron chi connectivity index (χ2n) is 3.37. The van der Waals surface area contributed by atoms with Crippen LogP contribution in [0.4, 0.5) is 0 Å². The second kappa shape index (κ2) is 7.01.